The second-order valence-electron chi connectivity index (χ2n) is 3.84. The first-order chi connectivity index (χ1) is 8.25. The van der Waals surface area contributed by atoms with Gasteiger partial charge in [-0.15, -0.1) is 0 Å². The molecule has 1 heterocycles. The van der Waals surface area contributed by atoms with Gasteiger partial charge in [-0.25, -0.2) is 4.98 Å². The van der Waals surface area contributed by atoms with Crippen LogP contribution in [0.5, 0.6) is 0 Å². The van der Waals surface area contributed by atoms with Gasteiger partial charge in [0.25, 0.3) is 0 Å². The number of hydrogen-bond acceptors (Lipinski definition) is 2. The van der Waals surface area contributed by atoms with Gasteiger partial charge in [0.15, 0.2) is 0 Å². The summed E-state index contributed by atoms with van der Waals surface area (Å²) in [6, 6.07) is 13.6. The maximum Gasteiger partial charge on any atom is 0.114 e. The molecule has 2 heteroatoms. The summed E-state index contributed by atoms with van der Waals surface area (Å²) < 4.78 is 0. The van der Waals surface area contributed by atoms with Gasteiger partial charge < -0.3 is 4.90 Å². The number of anilines is 1. The topological polar surface area (TPSA) is 16.1 Å². The first kappa shape index (κ1) is 11.2. The number of hydrogen-bond donors (Lipinski definition) is 0. The summed E-state index contributed by atoms with van der Waals surface area (Å²) in [4.78, 5) is 6.09. The lowest BCUT2D eigenvalue weighted by atomic mass is 10.2. The fraction of sp³-hybridized carbons (Fsp3) is 0.133. The normalized spacial score (nSPS) is 9.29. The first-order valence-corrected chi connectivity index (χ1v) is 5.38. The molecular formula is C15H13N2. The predicted molar refractivity (Wildman–Crippen MR) is 69.8 cm³/mol. The van der Waals surface area contributed by atoms with E-state index in [0.717, 1.165) is 11.3 Å². The summed E-state index contributed by atoms with van der Waals surface area (Å²) >= 11 is 0. The van der Waals surface area contributed by atoms with E-state index < -0.39 is 0 Å². The molecule has 0 amide bonds. The van der Waals surface area contributed by atoms with Crippen LogP contribution in [0.1, 0.15) is 11.3 Å². The van der Waals surface area contributed by atoms with Crippen molar-refractivity contribution in [3.05, 3.63) is 59.9 Å². The minimum atomic E-state index is 0.740. The Kier molecular flexibility index (Phi) is 3.42. The highest BCUT2D eigenvalue weighted by molar-refractivity contribution is 5.50. The van der Waals surface area contributed by atoms with Crippen LogP contribution in [0.3, 0.4) is 0 Å². The van der Waals surface area contributed by atoms with Crippen molar-refractivity contribution >= 4 is 5.69 Å². The van der Waals surface area contributed by atoms with Crippen molar-refractivity contribution in [2.75, 3.05) is 19.0 Å². The molecule has 0 fully saturated rings. The zero-order valence-electron chi connectivity index (χ0n) is 9.94. The molecule has 83 valence electrons. The molecule has 2 aromatic rings. The van der Waals surface area contributed by atoms with Gasteiger partial charge in [0.1, 0.15) is 5.69 Å². The lowest BCUT2D eigenvalue weighted by Gasteiger charge is -2.11. The van der Waals surface area contributed by atoms with Gasteiger partial charge in [-0.05, 0) is 42.3 Å². The van der Waals surface area contributed by atoms with E-state index in [-0.39, 0.29) is 0 Å². The molecule has 0 N–H and O–H groups in total. The average molecular weight is 221 g/mol. The van der Waals surface area contributed by atoms with E-state index in [1.54, 1.807) is 6.07 Å². The van der Waals surface area contributed by atoms with E-state index in [0.29, 0.717) is 0 Å². The Bertz CT molecular complexity index is 531. The molecule has 0 spiro atoms. The van der Waals surface area contributed by atoms with Crippen LogP contribution < -0.4 is 4.90 Å². The molecule has 0 saturated carbocycles. The number of aromatic nitrogens is 1. The number of pyridine rings is 1. The number of nitrogens with zero attached hydrogens (tertiary/aromatic N) is 2. The van der Waals surface area contributed by atoms with Gasteiger partial charge in [-0.1, -0.05) is 12.0 Å². The van der Waals surface area contributed by atoms with Crippen LogP contribution in [0.15, 0.2) is 42.5 Å². The predicted octanol–water partition coefficient (Wildman–Crippen LogP) is 2.35. The average Bonchev–Trinajstić information content (AvgIpc) is 2.38. The molecule has 2 nitrogen and oxygen atoms in total. The summed E-state index contributed by atoms with van der Waals surface area (Å²) in [6.45, 7) is 0. The van der Waals surface area contributed by atoms with Crippen molar-refractivity contribution in [2.24, 2.45) is 0 Å². The van der Waals surface area contributed by atoms with E-state index in [4.69, 9.17) is 0 Å². The van der Waals surface area contributed by atoms with Crippen LogP contribution >= 0.6 is 0 Å². The minimum absolute atomic E-state index is 0.740. The zero-order valence-corrected chi connectivity index (χ0v) is 9.94. The van der Waals surface area contributed by atoms with E-state index in [2.05, 4.69) is 40.1 Å². The largest absolute Gasteiger partial charge is 0.378 e. The molecule has 0 atom stereocenters. The molecule has 0 aliphatic heterocycles. The third kappa shape index (κ3) is 3.09. The smallest absolute Gasteiger partial charge is 0.114 e. The maximum atomic E-state index is 4.03. The first-order valence-electron chi connectivity index (χ1n) is 5.38. The van der Waals surface area contributed by atoms with Crippen molar-refractivity contribution in [2.45, 2.75) is 0 Å². The van der Waals surface area contributed by atoms with Crippen molar-refractivity contribution in [3.8, 4) is 11.8 Å². The van der Waals surface area contributed by atoms with Crippen LogP contribution in [-0.2, 0) is 0 Å². The Morgan fingerprint density at radius 2 is 1.82 bits per heavy atom. The quantitative estimate of drug-likeness (QED) is 0.687. The Morgan fingerprint density at radius 3 is 2.41 bits per heavy atom. The van der Waals surface area contributed by atoms with E-state index in [1.807, 2.05) is 38.4 Å². The SMILES string of the molecule is CN(C)c1ccc(C#Cc2ccc[c]n2)cc1. The summed E-state index contributed by atoms with van der Waals surface area (Å²) in [6.07, 6.45) is 2.76. The van der Waals surface area contributed by atoms with Gasteiger partial charge in [0, 0.05) is 25.3 Å². The third-order valence-electron chi connectivity index (χ3n) is 2.33. The number of rotatable bonds is 1. The fourth-order valence-corrected chi connectivity index (χ4v) is 1.38. The van der Waals surface area contributed by atoms with E-state index >= 15 is 0 Å². The summed E-state index contributed by atoms with van der Waals surface area (Å²) in [5.41, 5.74) is 2.90. The highest BCUT2D eigenvalue weighted by atomic mass is 15.1. The van der Waals surface area contributed by atoms with Crippen LogP contribution in [-0.4, -0.2) is 19.1 Å². The van der Waals surface area contributed by atoms with Crippen LogP contribution in [0, 0.1) is 18.0 Å². The fourth-order valence-electron chi connectivity index (χ4n) is 1.38. The molecule has 1 aromatic carbocycles. The van der Waals surface area contributed by atoms with Crippen molar-refractivity contribution in [1.29, 1.82) is 0 Å². The molecule has 0 bridgehead atoms. The highest BCUT2D eigenvalue weighted by Gasteiger charge is 1.93. The van der Waals surface area contributed by atoms with Gasteiger partial charge in [-0.3, -0.25) is 0 Å². The van der Waals surface area contributed by atoms with Crippen LogP contribution in [0.4, 0.5) is 5.69 Å². The van der Waals surface area contributed by atoms with Gasteiger partial charge >= 0.3 is 0 Å². The zero-order chi connectivity index (χ0) is 12.1. The molecular weight excluding hydrogens is 208 g/mol. The Labute approximate surface area is 102 Å². The third-order valence-corrected chi connectivity index (χ3v) is 2.33. The van der Waals surface area contributed by atoms with Gasteiger partial charge in [0.05, 0.1) is 6.20 Å². The lowest BCUT2D eigenvalue weighted by Crippen LogP contribution is -2.07. The molecule has 17 heavy (non-hydrogen) atoms. The molecule has 0 saturated heterocycles. The molecule has 2 rings (SSSR count). The van der Waals surface area contributed by atoms with Crippen molar-refractivity contribution < 1.29 is 0 Å². The minimum Gasteiger partial charge on any atom is -0.378 e. The Morgan fingerprint density at radius 1 is 1.06 bits per heavy atom. The molecule has 0 aliphatic carbocycles. The van der Waals surface area contributed by atoms with Crippen molar-refractivity contribution in [3.63, 3.8) is 0 Å². The summed E-state index contributed by atoms with van der Waals surface area (Å²) in [5.74, 6) is 6.08. The van der Waals surface area contributed by atoms with Gasteiger partial charge in [0.2, 0.25) is 0 Å². The Balaban J connectivity index is 2.17. The second-order valence-corrected chi connectivity index (χ2v) is 3.84. The highest BCUT2D eigenvalue weighted by Crippen LogP contribution is 2.11. The van der Waals surface area contributed by atoms with Crippen LogP contribution in [0.25, 0.3) is 0 Å². The summed E-state index contributed by atoms with van der Waals surface area (Å²) in [7, 11) is 4.04. The van der Waals surface area contributed by atoms with Crippen LogP contribution in [0.2, 0.25) is 0 Å². The maximum absolute atomic E-state index is 4.03. The van der Waals surface area contributed by atoms with Crippen molar-refractivity contribution in [1.82, 2.24) is 4.98 Å². The Hall–Kier alpha value is -2.27. The van der Waals surface area contributed by atoms with E-state index in [9.17, 15) is 0 Å². The molecule has 0 aliphatic rings. The van der Waals surface area contributed by atoms with E-state index in [1.165, 1.54) is 5.69 Å². The summed E-state index contributed by atoms with van der Waals surface area (Å²) in [5, 5.41) is 0. The molecule has 1 radical (unpaired) electrons. The standard InChI is InChI=1S/C15H13N2/c1-17(2)15-10-7-13(8-11-15)6-9-14-5-3-4-12-16-14/h3-5,7-8,10-11H,1-2H3. The number of benzene rings is 1. The lowest BCUT2D eigenvalue weighted by molar-refractivity contribution is 1.13. The van der Waals surface area contributed by atoms with Gasteiger partial charge in [-0.2, -0.15) is 0 Å². The monoisotopic (exact) mass is 221 g/mol. The second kappa shape index (κ2) is 5.18. The molecule has 0 unspecified atom stereocenters. The molecule has 1 aromatic heterocycles.